The van der Waals surface area contributed by atoms with Crippen molar-refractivity contribution in [2.24, 2.45) is 5.92 Å². The van der Waals surface area contributed by atoms with Crippen molar-refractivity contribution < 1.29 is 0 Å². The molecule has 17 heavy (non-hydrogen) atoms. The molecular formula is C15H30N2. The molecule has 2 aliphatic rings. The Balaban J connectivity index is 1.86. The molecule has 2 heteroatoms. The first-order valence-corrected chi connectivity index (χ1v) is 7.78. The maximum Gasteiger partial charge on any atom is 0.0195 e. The quantitative estimate of drug-likeness (QED) is 0.765. The highest BCUT2D eigenvalue weighted by atomic mass is 15.2. The van der Waals surface area contributed by atoms with E-state index in [1.54, 1.807) is 0 Å². The van der Waals surface area contributed by atoms with Gasteiger partial charge in [0.2, 0.25) is 0 Å². The monoisotopic (exact) mass is 238 g/mol. The van der Waals surface area contributed by atoms with E-state index in [2.05, 4.69) is 24.1 Å². The average Bonchev–Trinajstić information content (AvgIpc) is 2.95. The normalized spacial score (nSPS) is 33.7. The van der Waals surface area contributed by atoms with Crippen molar-refractivity contribution >= 4 is 0 Å². The summed E-state index contributed by atoms with van der Waals surface area (Å²) in [6.07, 6.45) is 9.82. The van der Waals surface area contributed by atoms with E-state index in [9.17, 15) is 0 Å². The molecule has 0 spiro atoms. The van der Waals surface area contributed by atoms with Gasteiger partial charge in [-0.15, -0.1) is 0 Å². The molecule has 0 bridgehead atoms. The Kier molecular flexibility index (Phi) is 5.30. The van der Waals surface area contributed by atoms with Crippen LogP contribution in [0.1, 0.15) is 58.8 Å². The minimum absolute atomic E-state index is 0.777. The third kappa shape index (κ3) is 3.69. The number of rotatable bonds is 6. The van der Waals surface area contributed by atoms with Crippen molar-refractivity contribution in [2.75, 3.05) is 19.6 Å². The van der Waals surface area contributed by atoms with Gasteiger partial charge in [-0.2, -0.15) is 0 Å². The lowest BCUT2D eigenvalue weighted by atomic mass is 10.0. The molecule has 0 amide bonds. The largest absolute Gasteiger partial charge is 0.313 e. The molecule has 2 fully saturated rings. The molecule has 1 aliphatic heterocycles. The van der Waals surface area contributed by atoms with Crippen LogP contribution in [-0.4, -0.2) is 36.6 Å². The van der Waals surface area contributed by atoms with Crippen LogP contribution in [0.5, 0.6) is 0 Å². The van der Waals surface area contributed by atoms with Gasteiger partial charge >= 0.3 is 0 Å². The van der Waals surface area contributed by atoms with Crippen LogP contribution < -0.4 is 5.32 Å². The Hall–Kier alpha value is -0.0800. The van der Waals surface area contributed by atoms with Gasteiger partial charge in [0.25, 0.3) is 0 Å². The van der Waals surface area contributed by atoms with Gasteiger partial charge < -0.3 is 5.32 Å². The van der Waals surface area contributed by atoms with E-state index in [0.717, 1.165) is 18.0 Å². The third-order valence-electron chi connectivity index (χ3n) is 4.70. The zero-order chi connectivity index (χ0) is 12.1. The number of unbranched alkanes of at least 4 members (excludes halogenated alkanes) is 1. The lowest BCUT2D eigenvalue weighted by Crippen LogP contribution is -2.44. The second-order valence-corrected chi connectivity index (χ2v) is 6.12. The van der Waals surface area contributed by atoms with E-state index in [1.165, 1.54) is 64.6 Å². The summed E-state index contributed by atoms with van der Waals surface area (Å²) < 4.78 is 0. The lowest BCUT2D eigenvalue weighted by molar-refractivity contribution is 0.150. The van der Waals surface area contributed by atoms with Gasteiger partial charge in [0, 0.05) is 18.6 Å². The number of nitrogens with one attached hydrogen (secondary N) is 1. The predicted octanol–water partition coefficient (Wildman–Crippen LogP) is 3.03. The standard InChI is InChI=1S/C15H30N2/c1-3-4-11-17(12-14-8-6-10-16-14)15-9-5-7-13(15)2/h13-16H,3-12H2,1-2H3. The van der Waals surface area contributed by atoms with Crippen LogP contribution in [0, 0.1) is 5.92 Å². The Morgan fingerprint density at radius 1 is 1.18 bits per heavy atom. The molecule has 3 atom stereocenters. The first kappa shape index (κ1) is 13.4. The first-order valence-electron chi connectivity index (χ1n) is 7.78. The average molecular weight is 238 g/mol. The van der Waals surface area contributed by atoms with Crippen molar-refractivity contribution in [1.82, 2.24) is 10.2 Å². The maximum absolute atomic E-state index is 3.66. The SMILES string of the molecule is CCCCN(CC1CCCN1)C1CCCC1C. The van der Waals surface area contributed by atoms with Gasteiger partial charge in [0.05, 0.1) is 0 Å². The second kappa shape index (κ2) is 6.75. The highest BCUT2D eigenvalue weighted by Crippen LogP contribution is 2.30. The molecule has 1 saturated carbocycles. The van der Waals surface area contributed by atoms with E-state index in [0.29, 0.717) is 0 Å². The van der Waals surface area contributed by atoms with Crippen LogP contribution in [0.25, 0.3) is 0 Å². The molecule has 1 heterocycles. The van der Waals surface area contributed by atoms with Crippen LogP contribution in [0.15, 0.2) is 0 Å². The van der Waals surface area contributed by atoms with E-state index >= 15 is 0 Å². The van der Waals surface area contributed by atoms with Crippen LogP contribution in [0.3, 0.4) is 0 Å². The number of hydrogen-bond acceptors (Lipinski definition) is 2. The summed E-state index contributed by atoms with van der Waals surface area (Å²) in [4.78, 5) is 2.81. The molecule has 0 radical (unpaired) electrons. The molecule has 3 unspecified atom stereocenters. The highest BCUT2D eigenvalue weighted by molar-refractivity contribution is 4.86. The summed E-state index contributed by atoms with van der Waals surface area (Å²) in [6, 6.07) is 1.66. The lowest BCUT2D eigenvalue weighted by Gasteiger charge is -2.34. The fraction of sp³-hybridized carbons (Fsp3) is 1.00. The van der Waals surface area contributed by atoms with Crippen LogP contribution in [0.4, 0.5) is 0 Å². The summed E-state index contributed by atoms with van der Waals surface area (Å²) >= 11 is 0. The smallest absolute Gasteiger partial charge is 0.0195 e. The van der Waals surface area contributed by atoms with Gasteiger partial charge in [0.15, 0.2) is 0 Å². The minimum Gasteiger partial charge on any atom is -0.313 e. The fourth-order valence-corrected chi connectivity index (χ4v) is 3.62. The molecule has 1 saturated heterocycles. The maximum atomic E-state index is 3.66. The topological polar surface area (TPSA) is 15.3 Å². The van der Waals surface area contributed by atoms with Crippen molar-refractivity contribution in [2.45, 2.75) is 70.9 Å². The Morgan fingerprint density at radius 3 is 2.65 bits per heavy atom. The van der Waals surface area contributed by atoms with Crippen LogP contribution in [0.2, 0.25) is 0 Å². The van der Waals surface area contributed by atoms with Crippen molar-refractivity contribution in [3.05, 3.63) is 0 Å². The van der Waals surface area contributed by atoms with Gasteiger partial charge in [-0.25, -0.2) is 0 Å². The van der Waals surface area contributed by atoms with Crippen molar-refractivity contribution in [3.8, 4) is 0 Å². The van der Waals surface area contributed by atoms with Crippen LogP contribution >= 0.6 is 0 Å². The van der Waals surface area contributed by atoms with Gasteiger partial charge in [-0.05, 0) is 51.1 Å². The molecule has 0 aromatic heterocycles. The summed E-state index contributed by atoms with van der Waals surface area (Å²) in [7, 11) is 0. The second-order valence-electron chi connectivity index (χ2n) is 6.12. The summed E-state index contributed by atoms with van der Waals surface area (Å²) in [6.45, 7) is 8.63. The third-order valence-corrected chi connectivity index (χ3v) is 4.70. The van der Waals surface area contributed by atoms with E-state index in [-0.39, 0.29) is 0 Å². The molecule has 1 aliphatic carbocycles. The first-order chi connectivity index (χ1) is 8.31. The van der Waals surface area contributed by atoms with Gasteiger partial charge in [-0.1, -0.05) is 26.7 Å². The minimum atomic E-state index is 0.777. The van der Waals surface area contributed by atoms with E-state index in [1.807, 2.05) is 0 Å². The Labute approximate surface area is 107 Å². The van der Waals surface area contributed by atoms with Crippen molar-refractivity contribution in [1.29, 1.82) is 0 Å². The highest BCUT2D eigenvalue weighted by Gasteiger charge is 2.30. The predicted molar refractivity (Wildman–Crippen MR) is 74.3 cm³/mol. The zero-order valence-electron chi connectivity index (χ0n) is 11.8. The van der Waals surface area contributed by atoms with Gasteiger partial charge in [-0.3, -0.25) is 4.90 Å². The Bertz CT molecular complexity index is 211. The van der Waals surface area contributed by atoms with Crippen molar-refractivity contribution in [3.63, 3.8) is 0 Å². The molecule has 1 N–H and O–H groups in total. The summed E-state index contributed by atoms with van der Waals surface area (Å²) in [5, 5.41) is 3.66. The molecule has 0 aromatic rings. The Morgan fingerprint density at radius 2 is 2.06 bits per heavy atom. The molecule has 100 valence electrons. The number of nitrogens with zero attached hydrogens (tertiary/aromatic N) is 1. The number of hydrogen-bond donors (Lipinski definition) is 1. The summed E-state index contributed by atoms with van der Waals surface area (Å²) in [5.74, 6) is 0.924. The van der Waals surface area contributed by atoms with E-state index < -0.39 is 0 Å². The fourth-order valence-electron chi connectivity index (χ4n) is 3.62. The molecule has 2 rings (SSSR count). The summed E-state index contributed by atoms with van der Waals surface area (Å²) in [5.41, 5.74) is 0. The van der Waals surface area contributed by atoms with E-state index in [4.69, 9.17) is 0 Å². The molecule has 0 aromatic carbocycles. The van der Waals surface area contributed by atoms with Crippen LogP contribution in [-0.2, 0) is 0 Å². The zero-order valence-corrected chi connectivity index (χ0v) is 11.8. The molecule has 2 nitrogen and oxygen atoms in total. The molecular weight excluding hydrogens is 208 g/mol. The van der Waals surface area contributed by atoms with Gasteiger partial charge in [0.1, 0.15) is 0 Å².